The molecule has 0 bridgehead atoms. The molecule has 1 aliphatic heterocycles. The second-order valence-electron chi connectivity index (χ2n) is 7.81. The molecule has 1 fully saturated rings. The van der Waals surface area contributed by atoms with Gasteiger partial charge in [-0.05, 0) is 44.9 Å². The number of carbonyl (C=O) groups is 3. The first-order valence-electron chi connectivity index (χ1n) is 10.7. The van der Waals surface area contributed by atoms with Crippen LogP contribution >= 0.6 is 0 Å². The molecule has 3 N–H and O–H groups in total. The number of piperidine rings is 1. The van der Waals surface area contributed by atoms with Gasteiger partial charge in [0, 0.05) is 18.1 Å². The van der Waals surface area contributed by atoms with E-state index in [0.29, 0.717) is 35.5 Å². The molecule has 4 rings (SSSR count). The number of carboxylic acid groups (broad SMARTS) is 1. The molecule has 0 spiro atoms. The highest BCUT2D eigenvalue weighted by Gasteiger charge is 2.28. The number of benzene rings is 1. The van der Waals surface area contributed by atoms with E-state index in [-0.39, 0.29) is 35.9 Å². The lowest BCUT2D eigenvalue weighted by Gasteiger charge is -2.32. The molecule has 0 radical (unpaired) electrons. The average molecular weight is 470 g/mol. The number of likely N-dealkylation sites (tertiary alicyclic amines) is 1. The topological polar surface area (TPSA) is 158 Å². The first-order valence-corrected chi connectivity index (χ1v) is 10.7. The molecule has 0 unspecified atom stereocenters. The summed E-state index contributed by atoms with van der Waals surface area (Å²) in [6, 6.07) is 5.11. The summed E-state index contributed by atoms with van der Waals surface area (Å²) < 4.78 is 17.2. The van der Waals surface area contributed by atoms with E-state index in [2.05, 4.69) is 9.97 Å². The molecule has 3 heterocycles. The highest BCUT2D eigenvalue weighted by Crippen LogP contribution is 2.33. The zero-order chi connectivity index (χ0) is 24.7. The number of amides is 2. The van der Waals surface area contributed by atoms with Gasteiger partial charge in [0.2, 0.25) is 5.76 Å². The lowest BCUT2D eigenvalue weighted by atomic mass is 10.1. The van der Waals surface area contributed by atoms with Crippen LogP contribution in [0.25, 0.3) is 10.9 Å². The molecule has 3 aromatic rings. The third-order valence-corrected chi connectivity index (χ3v) is 5.03. The largest absolute Gasteiger partial charge is 0.490 e. The van der Waals surface area contributed by atoms with Crippen LogP contribution in [0.3, 0.4) is 0 Å². The van der Waals surface area contributed by atoms with Crippen molar-refractivity contribution in [2.24, 2.45) is 5.73 Å². The summed E-state index contributed by atoms with van der Waals surface area (Å²) in [6.45, 7) is 4.55. The number of fused-ring (bicyclic) bond motifs is 1. The van der Waals surface area contributed by atoms with Crippen LogP contribution in [-0.2, 0) is 4.79 Å². The molecule has 0 saturated carbocycles. The van der Waals surface area contributed by atoms with E-state index in [9.17, 15) is 9.59 Å². The molecule has 11 nitrogen and oxygen atoms in total. The Bertz CT molecular complexity index is 1150. The van der Waals surface area contributed by atoms with Gasteiger partial charge >= 0.3 is 0 Å². The van der Waals surface area contributed by atoms with Crippen molar-refractivity contribution in [3.05, 3.63) is 48.3 Å². The van der Waals surface area contributed by atoms with Gasteiger partial charge < -0.3 is 29.6 Å². The molecule has 0 aliphatic carbocycles. The van der Waals surface area contributed by atoms with Gasteiger partial charge in [0.05, 0.1) is 29.9 Å². The number of rotatable bonds is 6. The molecular weight excluding hydrogens is 444 g/mol. The van der Waals surface area contributed by atoms with Crippen LogP contribution in [-0.4, -0.2) is 63.6 Å². The van der Waals surface area contributed by atoms with Gasteiger partial charge in [-0.3, -0.25) is 19.4 Å². The van der Waals surface area contributed by atoms with Crippen LogP contribution in [0.2, 0.25) is 0 Å². The number of hydrogen-bond donors (Lipinski definition) is 2. The number of hydrogen-bond acceptors (Lipinski definition) is 8. The van der Waals surface area contributed by atoms with Crippen molar-refractivity contribution in [2.45, 2.75) is 38.9 Å². The van der Waals surface area contributed by atoms with Crippen LogP contribution in [0.4, 0.5) is 0 Å². The Morgan fingerprint density at radius 3 is 2.74 bits per heavy atom. The lowest BCUT2D eigenvalue weighted by molar-refractivity contribution is -0.122. The maximum absolute atomic E-state index is 12.6. The van der Waals surface area contributed by atoms with Gasteiger partial charge in [-0.2, -0.15) is 0 Å². The summed E-state index contributed by atoms with van der Waals surface area (Å²) in [5.41, 5.74) is 6.37. The van der Waals surface area contributed by atoms with Crippen LogP contribution in [0.1, 0.15) is 47.6 Å². The summed E-state index contributed by atoms with van der Waals surface area (Å²) in [5, 5.41) is 7.60. The fourth-order valence-electron chi connectivity index (χ4n) is 3.67. The van der Waals surface area contributed by atoms with Crippen molar-refractivity contribution < 1.29 is 33.4 Å². The fraction of sp³-hybridized carbons (Fsp3) is 0.348. The molecule has 34 heavy (non-hydrogen) atoms. The van der Waals surface area contributed by atoms with Crippen molar-refractivity contribution in [1.82, 2.24) is 14.9 Å². The van der Waals surface area contributed by atoms with E-state index in [4.69, 9.17) is 29.5 Å². The summed E-state index contributed by atoms with van der Waals surface area (Å²) in [5.74, 6) is 0.417. The van der Waals surface area contributed by atoms with Crippen molar-refractivity contribution in [3.63, 3.8) is 0 Å². The van der Waals surface area contributed by atoms with Crippen LogP contribution in [0.15, 0.2) is 41.4 Å². The molecule has 1 saturated heterocycles. The van der Waals surface area contributed by atoms with Crippen LogP contribution in [0.5, 0.6) is 11.5 Å². The van der Waals surface area contributed by atoms with Crippen molar-refractivity contribution >= 4 is 29.2 Å². The van der Waals surface area contributed by atoms with E-state index in [1.165, 1.54) is 12.6 Å². The number of carbonyl (C=O) groups excluding carboxylic acids is 2. The van der Waals surface area contributed by atoms with E-state index in [0.717, 1.165) is 12.8 Å². The highest BCUT2D eigenvalue weighted by atomic mass is 16.5. The van der Waals surface area contributed by atoms with Gasteiger partial charge in [0.15, 0.2) is 6.39 Å². The Hall–Kier alpha value is -4.15. The number of nitrogens with two attached hydrogens (primary N) is 1. The standard InChI is InChI=1S/C22H24N4O5.CH2O2/c1-13(2)30-19-9-15-17(8-16(19)21(23)27)25-6-5-18(15)31-14-4-3-7-26(11-14)22(28)20-10-24-12-29-20;2-1-3/h5-6,8-10,12-14H,3-4,7,11H2,1-2H3,(H2,23,27);1H,(H,2,3)/t14-;/m1./s1. The first kappa shape index (κ1) is 24.5. The number of nitrogens with zero attached hydrogens (tertiary/aromatic N) is 3. The Morgan fingerprint density at radius 2 is 2.09 bits per heavy atom. The van der Waals surface area contributed by atoms with E-state index < -0.39 is 5.91 Å². The smallest absolute Gasteiger partial charge is 0.291 e. The van der Waals surface area contributed by atoms with Gasteiger partial charge in [-0.25, -0.2) is 4.98 Å². The molecular formula is C23H26N4O7. The summed E-state index contributed by atoms with van der Waals surface area (Å²) >= 11 is 0. The summed E-state index contributed by atoms with van der Waals surface area (Å²) in [6.07, 6.45) is 5.55. The summed E-state index contributed by atoms with van der Waals surface area (Å²) in [7, 11) is 0. The van der Waals surface area contributed by atoms with Crippen LogP contribution < -0.4 is 15.2 Å². The molecule has 1 aromatic carbocycles. The number of oxazole rings is 1. The molecule has 11 heteroatoms. The van der Waals surface area contributed by atoms with Gasteiger partial charge in [-0.15, -0.1) is 0 Å². The molecule has 2 amide bonds. The zero-order valence-corrected chi connectivity index (χ0v) is 18.8. The second kappa shape index (κ2) is 11.1. The third-order valence-electron chi connectivity index (χ3n) is 5.03. The normalized spacial score (nSPS) is 15.4. The number of ether oxygens (including phenoxy) is 2. The minimum absolute atomic E-state index is 0.134. The van der Waals surface area contributed by atoms with Crippen molar-refractivity contribution in [2.75, 3.05) is 13.1 Å². The average Bonchev–Trinajstić information content (AvgIpc) is 3.34. The predicted molar refractivity (Wildman–Crippen MR) is 121 cm³/mol. The summed E-state index contributed by atoms with van der Waals surface area (Å²) in [4.78, 5) is 42.7. The van der Waals surface area contributed by atoms with Gasteiger partial charge in [0.1, 0.15) is 17.6 Å². The Morgan fingerprint density at radius 1 is 1.32 bits per heavy atom. The molecule has 1 atom stereocenters. The monoisotopic (exact) mass is 470 g/mol. The highest BCUT2D eigenvalue weighted by molar-refractivity contribution is 6.01. The minimum Gasteiger partial charge on any atom is -0.490 e. The Kier molecular flexibility index (Phi) is 8.01. The van der Waals surface area contributed by atoms with Gasteiger partial charge in [0.25, 0.3) is 18.3 Å². The number of aromatic nitrogens is 2. The van der Waals surface area contributed by atoms with Crippen LogP contribution in [0, 0.1) is 0 Å². The quantitative estimate of drug-likeness (QED) is 0.516. The fourth-order valence-corrected chi connectivity index (χ4v) is 3.67. The maximum atomic E-state index is 12.6. The van der Waals surface area contributed by atoms with E-state index >= 15 is 0 Å². The second-order valence-corrected chi connectivity index (χ2v) is 7.81. The maximum Gasteiger partial charge on any atom is 0.291 e. The van der Waals surface area contributed by atoms with E-state index in [1.807, 2.05) is 13.8 Å². The van der Waals surface area contributed by atoms with Gasteiger partial charge in [-0.1, -0.05) is 0 Å². The first-order chi connectivity index (χ1) is 16.3. The SMILES string of the molecule is CC(C)Oc1cc2c(O[C@@H]3CCCN(C(=O)c4cnco4)C3)ccnc2cc1C(N)=O.O=CO. The zero-order valence-electron chi connectivity index (χ0n) is 18.8. The predicted octanol–water partition coefficient (Wildman–Crippen LogP) is 2.49. The number of primary amides is 1. The molecule has 1 aliphatic rings. The van der Waals surface area contributed by atoms with Crippen molar-refractivity contribution in [1.29, 1.82) is 0 Å². The molecule has 2 aromatic heterocycles. The third kappa shape index (κ3) is 5.80. The molecule has 180 valence electrons. The Balaban J connectivity index is 0.00000103. The lowest BCUT2D eigenvalue weighted by Crippen LogP contribution is -2.44. The minimum atomic E-state index is -0.584. The number of pyridine rings is 1. The van der Waals surface area contributed by atoms with Crippen molar-refractivity contribution in [3.8, 4) is 11.5 Å². The van der Waals surface area contributed by atoms with E-state index in [1.54, 1.807) is 29.3 Å². The Labute approximate surface area is 195 Å².